The highest BCUT2D eigenvalue weighted by molar-refractivity contribution is 5.91. The maximum absolute atomic E-state index is 11.8. The zero-order chi connectivity index (χ0) is 28.7. The van der Waals surface area contributed by atoms with Crippen molar-refractivity contribution >= 4 is 11.9 Å². The van der Waals surface area contributed by atoms with Crippen molar-refractivity contribution in [2.45, 2.75) is 33.1 Å². The van der Waals surface area contributed by atoms with Crippen LogP contribution in [-0.4, -0.2) is 75.0 Å². The van der Waals surface area contributed by atoms with Crippen LogP contribution < -0.4 is 0 Å². The highest BCUT2D eigenvalue weighted by atomic mass is 16.5. The summed E-state index contributed by atoms with van der Waals surface area (Å²) in [6.45, 7) is 11.0. The largest absolute Gasteiger partial charge is 0.478 e. The van der Waals surface area contributed by atoms with Gasteiger partial charge in [-0.3, -0.25) is 0 Å². The van der Waals surface area contributed by atoms with Gasteiger partial charge in [0.05, 0.1) is 37.6 Å². The van der Waals surface area contributed by atoms with Crippen LogP contribution in [0.5, 0.6) is 0 Å². The molecule has 8 nitrogen and oxygen atoms in total. The van der Waals surface area contributed by atoms with Crippen LogP contribution in [0.15, 0.2) is 36.4 Å². The van der Waals surface area contributed by atoms with Gasteiger partial charge in [0.2, 0.25) is 0 Å². The quantitative estimate of drug-likeness (QED) is 0.273. The van der Waals surface area contributed by atoms with Crippen molar-refractivity contribution in [3.63, 3.8) is 0 Å². The fourth-order valence-electron chi connectivity index (χ4n) is 3.65. The van der Waals surface area contributed by atoms with E-state index in [1.807, 2.05) is 27.7 Å². The predicted octanol–water partition coefficient (Wildman–Crippen LogP) is 4.22. The monoisotopic (exact) mass is 536 g/mol. The molecule has 39 heavy (non-hydrogen) atoms. The lowest BCUT2D eigenvalue weighted by atomic mass is 9.76. The first kappa shape index (κ1) is 31.6. The number of hydrogen-bond donors (Lipinski definition) is 2. The zero-order valence-corrected chi connectivity index (χ0v) is 23.0. The molecule has 0 unspecified atom stereocenters. The van der Waals surface area contributed by atoms with Gasteiger partial charge in [0.15, 0.2) is 0 Å². The predicted molar refractivity (Wildman–Crippen MR) is 147 cm³/mol. The fourth-order valence-corrected chi connectivity index (χ4v) is 3.65. The minimum absolute atomic E-state index is 0.0912. The van der Waals surface area contributed by atoms with E-state index < -0.39 is 17.4 Å². The van der Waals surface area contributed by atoms with Crippen LogP contribution in [0.1, 0.15) is 70.7 Å². The molecule has 2 aromatic carbocycles. The average Bonchev–Trinajstić information content (AvgIpc) is 2.91. The van der Waals surface area contributed by atoms with Crippen molar-refractivity contribution in [1.29, 1.82) is 0 Å². The van der Waals surface area contributed by atoms with E-state index in [-0.39, 0.29) is 24.3 Å². The van der Waals surface area contributed by atoms with E-state index >= 15 is 0 Å². The molecular formula is C31H36O8. The first-order chi connectivity index (χ1) is 18.7. The van der Waals surface area contributed by atoms with Gasteiger partial charge in [-0.25, -0.2) is 9.59 Å². The molecule has 0 aliphatic rings. The Bertz CT molecular complexity index is 1150. The Kier molecular flexibility index (Phi) is 13.2. The molecule has 0 saturated carbocycles. The third-order valence-electron chi connectivity index (χ3n) is 5.89. The lowest BCUT2D eigenvalue weighted by molar-refractivity contribution is 0.0662. The second kappa shape index (κ2) is 16.3. The van der Waals surface area contributed by atoms with Gasteiger partial charge < -0.3 is 29.2 Å². The maximum atomic E-state index is 11.8. The molecular weight excluding hydrogens is 500 g/mol. The van der Waals surface area contributed by atoms with E-state index in [1.165, 1.54) is 12.1 Å². The van der Waals surface area contributed by atoms with Gasteiger partial charge >= 0.3 is 11.9 Å². The number of benzene rings is 2. The van der Waals surface area contributed by atoms with E-state index in [0.717, 1.165) is 11.1 Å². The molecule has 0 fully saturated rings. The summed E-state index contributed by atoms with van der Waals surface area (Å²) in [5.41, 5.74) is 1.94. The fraction of sp³-hybridized carbons (Fsp3) is 0.419. The minimum Gasteiger partial charge on any atom is -0.478 e. The van der Waals surface area contributed by atoms with Crippen LogP contribution in [0.4, 0.5) is 0 Å². The summed E-state index contributed by atoms with van der Waals surface area (Å²) in [5, 5.41) is 19.3. The van der Waals surface area contributed by atoms with Gasteiger partial charge in [-0.15, -0.1) is 0 Å². The molecule has 0 atom stereocenters. The van der Waals surface area contributed by atoms with Gasteiger partial charge in [0.1, 0.15) is 13.2 Å². The third kappa shape index (κ3) is 9.86. The molecule has 2 rings (SSSR count). The van der Waals surface area contributed by atoms with Crippen LogP contribution in [0.25, 0.3) is 0 Å². The molecule has 8 heteroatoms. The minimum atomic E-state index is -1.08. The van der Waals surface area contributed by atoms with Crippen molar-refractivity contribution in [2.75, 3.05) is 52.9 Å². The number of aromatic carboxylic acids is 2. The number of carboxylic acid groups (broad SMARTS) is 2. The Morgan fingerprint density at radius 2 is 1.08 bits per heavy atom. The van der Waals surface area contributed by atoms with Crippen LogP contribution in [-0.2, 0) is 24.4 Å². The van der Waals surface area contributed by atoms with E-state index in [9.17, 15) is 19.8 Å². The zero-order valence-electron chi connectivity index (χ0n) is 23.0. The van der Waals surface area contributed by atoms with Gasteiger partial charge in [0.25, 0.3) is 0 Å². The van der Waals surface area contributed by atoms with E-state index in [1.54, 1.807) is 24.3 Å². The number of hydrogen-bond acceptors (Lipinski definition) is 6. The lowest BCUT2D eigenvalue weighted by Gasteiger charge is -2.27. The molecule has 2 N–H and O–H groups in total. The van der Waals surface area contributed by atoms with Crippen LogP contribution >= 0.6 is 0 Å². The molecule has 0 bridgehead atoms. The summed E-state index contributed by atoms with van der Waals surface area (Å²) in [4.78, 5) is 23.6. The molecule has 208 valence electrons. The molecule has 0 aliphatic carbocycles. The Balaban J connectivity index is 2.32. The van der Waals surface area contributed by atoms with Crippen LogP contribution in [0, 0.1) is 23.7 Å². The molecule has 0 heterocycles. The number of rotatable bonds is 14. The van der Waals surface area contributed by atoms with Crippen LogP contribution in [0.3, 0.4) is 0 Å². The molecule has 0 aliphatic heterocycles. The number of ether oxygens (including phenoxy) is 4. The number of carboxylic acids is 2. The van der Waals surface area contributed by atoms with Crippen molar-refractivity contribution in [3.05, 3.63) is 69.8 Å². The third-order valence-corrected chi connectivity index (χ3v) is 5.89. The SMILES string of the molecule is CCOCCOCC#Cc1cc(C(C)(C)c2ccc(C(=O)O)c(C#CCOCCOCC)c2)ccc1C(=O)O. The van der Waals surface area contributed by atoms with Gasteiger partial charge in [-0.2, -0.15) is 0 Å². The summed E-state index contributed by atoms with van der Waals surface area (Å²) < 4.78 is 21.3. The summed E-state index contributed by atoms with van der Waals surface area (Å²) in [6.07, 6.45) is 0. The average molecular weight is 537 g/mol. The molecule has 0 aromatic heterocycles. The summed E-state index contributed by atoms with van der Waals surface area (Å²) in [7, 11) is 0. The molecule has 0 spiro atoms. The van der Waals surface area contributed by atoms with E-state index in [4.69, 9.17) is 18.9 Å². The summed E-state index contributed by atoms with van der Waals surface area (Å²) in [6, 6.07) is 10.1. The second-order valence-electron chi connectivity index (χ2n) is 8.86. The van der Waals surface area contributed by atoms with Gasteiger partial charge in [0, 0.05) is 29.8 Å². The summed E-state index contributed by atoms with van der Waals surface area (Å²) >= 11 is 0. The van der Waals surface area contributed by atoms with E-state index in [2.05, 4.69) is 23.7 Å². The lowest BCUT2D eigenvalue weighted by Crippen LogP contribution is -2.20. The van der Waals surface area contributed by atoms with Crippen LogP contribution in [0.2, 0.25) is 0 Å². The normalized spacial score (nSPS) is 10.8. The first-order valence-electron chi connectivity index (χ1n) is 12.8. The van der Waals surface area contributed by atoms with E-state index in [0.29, 0.717) is 50.8 Å². The standard InChI is InChI=1S/C31H36O8/c1-5-36-17-19-38-15-7-9-23-21-25(11-13-27(23)29(32)33)31(3,4)26-12-14-28(30(34)35)24(22-26)10-8-16-39-20-18-37-6-2/h11-14,21-22H,5-6,15-20H2,1-4H3,(H,32,33)(H,34,35). The highest BCUT2D eigenvalue weighted by Gasteiger charge is 2.26. The van der Waals surface area contributed by atoms with Crippen molar-refractivity contribution in [1.82, 2.24) is 0 Å². The number of carbonyl (C=O) groups is 2. The molecule has 0 radical (unpaired) electrons. The van der Waals surface area contributed by atoms with Gasteiger partial charge in [-0.1, -0.05) is 49.7 Å². The maximum Gasteiger partial charge on any atom is 0.336 e. The molecule has 0 amide bonds. The smallest absolute Gasteiger partial charge is 0.336 e. The Labute approximate surface area is 230 Å². The van der Waals surface area contributed by atoms with Crippen molar-refractivity contribution in [3.8, 4) is 23.7 Å². The molecule has 2 aromatic rings. The highest BCUT2D eigenvalue weighted by Crippen LogP contribution is 2.33. The summed E-state index contributed by atoms with van der Waals surface area (Å²) in [5.74, 6) is 9.43. The van der Waals surface area contributed by atoms with Crippen molar-refractivity contribution < 1.29 is 38.7 Å². The first-order valence-corrected chi connectivity index (χ1v) is 12.8. The van der Waals surface area contributed by atoms with Gasteiger partial charge in [-0.05, 0) is 49.2 Å². The second-order valence-corrected chi connectivity index (χ2v) is 8.86. The molecule has 0 saturated heterocycles. The topological polar surface area (TPSA) is 112 Å². The Morgan fingerprint density at radius 3 is 1.44 bits per heavy atom. The Morgan fingerprint density at radius 1 is 0.692 bits per heavy atom. The van der Waals surface area contributed by atoms with Crippen molar-refractivity contribution in [2.24, 2.45) is 0 Å². The Hall–Kier alpha value is -3.66.